The highest BCUT2D eigenvalue weighted by Crippen LogP contribution is 2.34. The van der Waals surface area contributed by atoms with E-state index in [2.05, 4.69) is 44.8 Å². The van der Waals surface area contributed by atoms with Crippen LogP contribution in [0.5, 0.6) is 0 Å². The fraction of sp³-hybridized carbons (Fsp3) is 0.900. The van der Waals surface area contributed by atoms with Crippen molar-refractivity contribution in [1.29, 1.82) is 0 Å². The Kier molecular flexibility index (Phi) is 9.82. The first kappa shape index (κ1) is 24.5. The predicted octanol–water partition coefficient (Wildman–Crippen LogP) is 3.15. The second-order valence-corrected chi connectivity index (χ2v) is 8.77. The maximum Gasteiger partial charge on any atom is 0.310 e. The summed E-state index contributed by atoms with van der Waals surface area (Å²) in [5.41, 5.74) is 0.122. The van der Waals surface area contributed by atoms with Gasteiger partial charge in [-0.1, -0.05) is 27.7 Å². The Balaban J connectivity index is 0.00000364. The summed E-state index contributed by atoms with van der Waals surface area (Å²) >= 11 is 0. The van der Waals surface area contributed by atoms with E-state index in [0.29, 0.717) is 12.5 Å². The lowest BCUT2D eigenvalue weighted by Crippen LogP contribution is -2.43. The van der Waals surface area contributed by atoms with E-state index >= 15 is 0 Å². The minimum atomic E-state index is -0.121. The maximum atomic E-state index is 12.0. The Morgan fingerprint density at radius 3 is 2.63 bits per heavy atom. The lowest BCUT2D eigenvalue weighted by molar-refractivity contribution is -0.145. The van der Waals surface area contributed by atoms with E-state index in [0.717, 1.165) is 45.0 Å². The Morgan fingerprint density at radius 2 is 2.04 bits per heavy atom. The molecule has 0 radical (unpaired) electrons. The molecule has 0 aromatic rings. The molecule has 0 aromatic carbocycles. The van der Waals surface area contributed by atoms with Gasteiger partial charge < -0.3 is 19.7 Å². The van der Waals surface area contributed by atoms with Gasteiger partial charge in [0.05, 0.1) is 19.1 Å². The molecule has 2 rings (SSSR count). The second-order valence-electron chi connectivity index (χ2n) is 8.77. The number of carbonyl (C=O) groups is 1. The molecule has 0 aromatic heterocycles. The Hall–Kier alpha value is -0.570. The number of nitrogens with zero attached hydrogens (tertiary/aromatic N) is 2. The average molecular weight is 495 g/mol. The topological polar surface area (TPSA) is 63.2 Å². The summed E-state index contributed by atoms with van der Waals surface area (Å²) in [7, 11) is 1.47. The van der Waals surface area contributed by atoms with E-state index in [9.17, 15) is 4.79 Å². The minimum Gasteiger partial charge on any atom is -0.469 e. The number of carbonyl (C=O) groups excluding carboxylic acids is 1. The van der Waals surface area contributed by atoms with Crippen LogP contribution in [0.25, 0.3) is 0 Å². The molecule has 0 aliphatic carbocycles. The van der Waals surface area contributed by atoms with Gasteiger partial charge in [-0.2, -0.15) is 0 Å². The van der Waals surface area contributed by atoms with Crippen LogP contribution in [0.3, 0.4) is 0 Å². The first-order valence-corrected chi connectivity index (χ1v) is 10.0. The fourth-order valence-electron chi connectivity index (χ4n) is 4.21. The Bertz CT molecular complexity index is 507. The van der Waals surface area contributed by atoms with Crippen LogP contribution in [0.2, 0.25) is 0 Å². The third-order valence-corrected chi connectivity index (χ3v) is 5.52. The molecule has 7 heteroatoms. The lowest BCUT2D eigenvalue weighted by atomic mass is 9.78. The van der Waals surface area contributed by atoms with Gasteiger partial charge in [-0.3, -0.25) is 9.79 Å². The number of hydrogen-bond acceptors (Lipinski definition) is 4. The monoisotopic (exact) mass is 495 g/mol. The molecule has 2 heterocycles. The van der Waals surface area contributed by atoms with Gasteiger partial charge in [-0.25, -0.2) is 0 Å². The van der Waals surface area contributed by atoms with Gasteiger partial charge in [-0.05, 0) is 31.1 Å². The molecule has 2 aliphatic heterocycles. The lowest BCUT2D eigenvalue weighted by Gasteiger charge is -2.39. The summed E-state index contributed by atoms with van der Waals surface area (Å²) in [6.07, 6.45) is 2.50. The van der Waals surface area contributed by atoms with E-state index in [1.54, 1.807) is 0 Å². The van der Waals surface area contributed by atoms with Crippen LogP contribution in [-0.4, -0.2) is 62.8 Å². The quantitative estimate of drug-likeness (QED) is 0.281. The van der Waals surface area contributed by atoms with E-state index < -0.39 is 0 Å². The summed E-state index contributed by atoms with van der Waals surface area (Å²) in [4.78, 5) is 19.1. The van der Waals surface area contributed by atoms with Crippen LogP contribution in [-0.2, 0) is 14.3 Å². The number of hydrogen-bond donors (Lipinski definition) is 1. The highest BCUT2D eigenvalue weighted by Gasteiger charge is 2.38. The highest BCUT2D eigenvalue weighted by molar-refractivity contribution is 14.0. The molecule has 158 valence electrons. The van der Waals surface area contributed by atoms with Gasteiger partial charge in [0, 0.05) is 38.7 Å². The van der Waals surface area contributed by atoms with Gasteiger partial charge in [0.2, 0.25) is 0 Å². The van der Waals surface area contributed by atoms with E-state index in [-0.39, 0.29) is 53.3 Å². The average Bonchev–Trinajstić information content (AvgIpc) is 2.99. The van der Waals surface area contributed by atoms with E-state index in [1.807, 2.05) is 0 Å². The van der Waals surface area contributed by atoms with Crippen molar-refractivity contribution < 1.29 is 14.3 Å². The van der Waals surface area contributed by atoms with Gasteiger partial charge in [0.25, 0.3) is 0 Å². The summed E-state index contributed by atoms with van der Waals surface area (Å²) < 4.78 is 11.0. The molecule has 4 unspecified atom stereocenters. The number of nitrogens with one attached hydrogen (secondary N) is 1. The highest BCUT2D eigenvalue weighted by atomic mass is 127. The first-order valence-electron chi connectivity index (χ1n) is 10.0. The van der Waals surface area contributed by atoms with E-state index in [1.165, 1.54) is 7.11 Å². The van der Waals surface area contributed by atoms with Crippen molar-refractivity contribution in [2.75, 3.05) is 39.9 Å². The number of rotatable bonds is 4. The Morgan fingerprint density at radius 1 is 1.33 bits per heavy atom. The molecule has 27 heavy (non-hydrogen) atoms. The van der Waals surface area contributed by atoms with Gasteiger partial charge in [-0.15, -0.1) is 24.0 Å². The van der Waals surface area contributed by atoms with Crippen molar-refractivity contribution in [3.63, 3.8) is 0 Å². The van der Waals surface area contributed by atoms with Crippen LogP contribution in [0.15, 0.2) is 4.99 Å². The smallest absolute Gasteiger partial charge is 0.310 e. The minimum absolute atomic E-state index is 0. The van der Waals surface area contributed by atoms with Crippen molar-refractivity contribution in [1.82, 2.24) is 10.2 Å². The molecule has 2 fully saturated rings. The van der Waals surface area contributed by atoms with Crippen LogP contribution in [0, 0.1) is 23.2 Å². The Labute approximate surface area is 181 Å². The summed E-state index contributed by atoms with van der Waals surface area (Å²) in [5.74, 6) is 1.41. The van der Waals surface area contributed by atoms with Crippen LogP contribution in [0.1, 0.15) is 47.5 Å². The molecule has 0 bridgehead atoms. The molecule has 0 saturated carbocycles. The summed E-state index contributed by atoms with van der Waals surface area (Å²) in [6, 6.07) is 0. The largest absolute Gasteiger partial charge is 0.469 e. The normalized spacial score (nSPS) is 29.3. The number of guanidine groups is 1. The second kappa shape index (κ2) is 10.8. The molecule has 6 nitrogen and oxygen atoms in total. The molecule has 1 N–H and O–H groups in total. The number of halogens is 1. The van der Waals surface area contributed by atoms with Crippen molar-refractivity contribution in [3.8, 4) is 0 Å². The SMILES string of the molecule is CCNC(=NCC1CCCOC1C(C)(C)C)N1CC(C)C(C(=O)OC)C1.I. The maximum absolute atomic E-state index is 12.0. The zero-order chi connectivity index (χ0) is 19.3. The molecule has 0 amide bonds. The van der Waals surface area contributed by atoms with Crippen LogP contribution in [0.4, 0.5) is 0 Å². The standard InChI is InChI=1S/C20H37N3O3.HI/c1-7-21-19(23-12-14(2)16(13-23)18(24)25-6)22-11-15-9-8-10-26-17(15)20(3,4)5;/h14-17H,7-13H2,1-6H3,(H,21,22);1H. The first-order chi connectivity index (χ1) is 12.3. The summed E-state index contributed by atoms with van der Waals surface area (Å²) in [5, 5.41) is 3.40. The molecular weight excluding hydrogens is 457 g/mol. The number of likely N-dealkylation sites (tertiary alicyclic amines) is 1. The predicted molar refractivity (Wildman–Crippen MR) is 120 cm³/mol. The summed E-state index contributed by atoms with van der Waals surface area (Å²) in [6.45, 7) is 14.8. The van der Waals surface area contributed by atoms with Gasteiger partial charge in [0.15, 0.2) is 5.96 Å². The molecule has 2 saturated heterocycles. The number of methoxy groups -OCH3 is 1. The molecule has 2 aliphatic rings. The van der Waals surface area contributed by atoms with Crippen molar-refractivity contribution in [3.05, 3.63) is 0 Å². The van der Waals surface area contributed by atoms with Gasteiger partial charge >= 0.3 is 5.97 Å². The fourth-order valence-corrected chi connectivity index (χ4v) is 4.21. The van der Waals surface area contributed by atoms with Crippen LogP contribution < -0.4 is 5.32 Å². The van der Waals surface area contributed by atoms with Crippen molar-refractivity contribution in [2.45, 2.75) is 53.6 Å². The van der Waals surface area contributed by atoms with E-state index in [4.69, 9.17) is 14.5 Å². The zero-order valence-electron chi connectivity index (χ0n) is 17.8. The number of esters is 1. The van der Waals surface area contributed by atoms with Gasteiger partial charge in [0.1, 0.15) is 0 Å². The number of ether oxygens (including phenoxy) is 2. The third-order valence-electron chi connectivity index (χ3n) is 5.52. The van der Waals surface area contributed by atoms with Crippen molar-refractivity contribution >= 4 is 35.9 Å². The van der Waals surface area contributed by atoms with Crippen molar-refractivity contribution in [2.24, 2.45) is 28.2 Å². The number of aliphatic imine (C=N–C) groups is 1. The molecule has 4 atom stereocenters. The zero-order valence-corrected chi connectivity index (χ0v) is 20.1. The molecule has 0 spiro atoms. The third kappa shape index (κ3) is 6.48. The molecular formula is C20H38IN3O3. The van der Waals surface area contributed by atoms with Crippen LogP contribution >= 0.6 is 24.0 Å².